The molecule has 0 spiro atoms. The fraction of sp³-hybridized carbons (Fsp3) is 0.385. The van der Waals surface area contributed by atoms with Crippen LogP contribution in [0.1, 0.15) is 31.7 Å². The second-order valence-electron chi connectivity index (χ2n) is 5.00. The maximum absolute atomic E-state index is 13.3. The number of hydrogen-bond donors (Lipinski definition) is 2. The maximum Gasteiger partial charge on any atom is 0.303 e. The Labute approximate surface area is 120 Å². The zero-order chi connectivity index (χ0) is 14.9. The number of rotatable bonds is 4. The average Bonchev–Trinajstić information content (AvgIpc) is 2.75. The predicted molar refractivity (Wildman–Crippen MR) is 73.3 cm³/mol. The van der Waals surface area contributed by atoms with Crippen molar-refractivity contribution in [1.29, 1.82) is 0 Å². The molecule has 20 heavy (non-hydrogen) atoms. The van der Waals surface area contributed by atoms with Gasteiger partial charge >= 0.3 is 5.97 Å². The Morgan fingerprint density at radius 3 is 3.00 bits per heavy atom. The van der Waals surface area contributed by atoms with Gasteiger partial charge < -0.3 is 15.7 Å². The van der Waals surface area contributed by atoms with Crippen LogP contribution in [0, 0.1) is 5.82 Å². The topological polar surface area (TPSA) is 84.9 Å². The number of anilines is 1. The lowest BCUT2D eigenvalue weighted by molar-refractivity contribution is -0.138. The first-order chi connectivity index (χ1) is 9.31. The van der Waals surface area contributed by atoms with Crippen molar-refractivity contribution in [3.8, 4) is 0 Å². The van der Waals surface area contributed by atoms with Gasteiger partial charge in [-0.15, -0.1) is 0 Å². The molecule has 0 bridgehead atoms. The smallest absolute Gasteiger partial charge is 0.303 e. The van der Waals surface area contributed by atoms with E-state index in [1.807, 2.05) is 0 Å². The standard InChI is InChI=1S/C13H14ClFN2O3/c1-13(3-2-12(18)19)6-11(17-20-13)7-4-10(16)9(15)5-8(7)14/h4-5H,2-3,6,16H2,1H3,(H,18,19). The van der Waals surface area contributed by atoms with Crippen LogP contribution in [0.25, 0.3) is 0 Å². The third-order valence-corrected chi connectivity index (χ3v) is 3.50. The first-order valence-electron chi connectivity index (χ1n) is 6.02. The minimum atomic E-state index is -0.896. The van der Waals surface area contributed by atoms with E-state index in [1.54, 1.807) is 6.92 Å². The fourth-order valence-electron chi connectivity index (χ4n) is 2.02. The van der Waals surface area contributed by atoms with Crippen LogP contribution in [0.4, 0.5) is 10.1 Å². The number of halogens is 2. The lowest BCUT2D eigenvalue weighted by Crippen LogP contribution is -2.26. The van der Waals surface area contributed by atoms with E-state index in [0.717, 1.165) is 6.07 Å². The van der Waals surface area contributed by atoms with Gasteiger partial charge in [-0.1, -0.05) is 16.8 Å². The van der Waals surface area contributed by atoms with Crippen molar-refractivity contribution < 1.29 is 19.1 Å². The predicted octanol–water partition coefficient (Wildman–Crippen LogP) is 2.81. The van der Waals surface area contributed by atoms with E-state index in [-0.39, 0.29) is 17.1 Å². The third-order valence-electron chi connectivity index (χ3n) is 3.18. The molecule has 2 rings (SSSR count). The Balaban J connectivity index is 2.17. The number of benzene rings is 1. The molecule has 1 aliphatic heterocycles. The Bertz CT molecular complexity index is 591. The van der Waals surface area contributed by atoms with Gasteiger partial charge in [-0.2, -0.15) is 0 Å². The van der Waals surface area contributed by atoms with Crippen molar-refractivity contribution in [3.05, 3.63) is 28.5 Å². The summed E-state index contributed by atoms with van der Waals surface area (Å²) in [7, 11) is 0. The summed E-state index contributed by atoms with van der Waals surface area (Å²) in [5, 5.41) is 12.8. The maximum atomic E-state index is 13.3. The molecule has 1 unspecified atom stereocenters. The number of nitrogens with zero attached hydrogens (tertiary/aromatic N) is 1. The van der Waals surface area contributed by atoms with E-state index >= 15 is 0 Å². The van der Waals surface area contributed by atoms with Gasteiger partial charge in [0.25, 0.3) is 0 Å². The van der Waals surface area contributed by atoms with E-state index in [2.05, 4.69) is 5.16 Å². The molecule has 0 saturated carbocycles. The first-order valence-corrected chi connectivity index (χ1v) is 6.40. The molecule has 1 heterocycles. The van der Waals surface area contributed by atoms with Gasteiger partial charge in [-0.3, -0.25) is 4.79 Å². The van der Waals surface area contributed by atoms with Gasteiger partial charge in [0.1, 0.15) is 11.4 Å². The molecule has 0 radical (unpaired) electrons. The normalized spacial score (nSPS) is 21.4. The van der Waals surface area contributed by atoms with E-state index < -0.39 is 17.4 Å². The van der Waals surface area contributed by atoms with Gasteiger partial charge in [0.2, 0.25) is 0 Å². The monoisotopic (exact) mass is 300 g/mol. The second kappa shape index (κ2) is 5.28. The zero-order valence-electron chi connectivity index (χ0n) is 10.8. The molecule has 0 fully saturated rings. The highest BCUT2D eigenvalue weighted by Crippen LogP contribution is 2.33. The minimum Gasteiger partial charge on any atom is -0.481 e. The van der Waals surface area contributed by atoms with Crippen molar-refractivity contribution in [1.82, 2.24) is 0 Å². The summed E-state index contributed by atoms with van der Waals surface area (Å²) in [5.74, 6) is -1.49. The Hall–Kier alpha value is -1.82. The molecular formula is C13H14ClFN2O3. The molecule has 0 aromatic heterocycles. The van der Waals surface area contributed by atoms with Crippen LogP contribution in [0.3, 0.4) is 0 Å². The molecule has 1 aromatic rings. The second-order valence-corrected chi connectivity index (χ2v) is 5.41. The molecule has 1 aliphatic rings. The van der Waals surface area contributed by atoms with Gasteiger partial charge in [-0.25, -0.2) is 4.39 Å². The van der Waals surface area contributed by atoms with E-state index in [0.29, 0.717) is 24.1 Å². The lowest BCUT2D eigenvalue weighted by Gasteiger charge is -2.20. The number of aliphatic carboxylic acids is 1. The van der Waals surface area contributed by atoms with Crippen LogP contribution < -0.4 is 5.73 Å². The summed E-state index contributed by atoms with van der Waals surface area (Å²) in [5.41, 5.74) is 5.84. The average molecular weight is 301 g/mol. The van der Waals surface area contributed by atoms with Crippen LogP contribution in [0.5, 0.6) is 0 Å². The molecule has 3 N–H and O–H groups in total. The summed E-state index contributed by atoms with van der Waals surface area (Å²) in [4.78, 5) is 15.9. The number of nitrogen functional groups attached to an aromatic ring is 1. The molecule has 0 saturated heterocycles. The van der Waals surface area contributed by atoms with Crippen molar-refractivity contribution in [2.75, 3.05) is 5.73 Å². The largest absolute Gasteiger partial charge is 0.481 e. The first kappa shape index (κ1) is 14.6. The van der Waals surface area contributed by atoms with E-state index in [1.165, 1.54) is 6.07 Å². The summed E-state index contributed by atoms with van der Waals surface area (Å²) in [6, 6.07) is 2.53. The van der Waals surface area contributed by atoms with Crippen molar-refractivity contribution >= 4 is 29.0 Å². The van der Waals surface area contributed by atoms with E-state index in [4.69, 9.17) is 27.3 Å². The summed E-state index contributed by atoms with van der Waals surface area (Å²) < 4.78 is 13.3. The molecule has 1 atom stereocenters. The van der Waals surface area contributed by atoms with E-state index in [9.17, 15) is 9.18 Å². The summed E-state index contributed by atoms with van der Waals surface area (Å²) in [6.45, 7) is 1.77. The van der Waals surface area contributed by atoms with Crippen molar-refractivity contribution in [2.24, 2.45) is 5.16 Å². The molecular weight excluding hydrogens is 287 g/mol. The number of oxime groups is 1. The van der Waals surface area contributed by atoms with Gasteiger partial charge in [0.15, 0.2) is 0 Å². The number of carboxylic acids is 1. The molecule has 7 heteroatoms. The highest BCUT2D eigenvalue weighted by molar-refractivity contribution is 6.34. The van der Waals surface area contributed by atoms with Crippen LogP contribution in [0.15, 0.2) is 17.3 Å². The van der Waals surface area contributed by atoms with Crippen LogP contribution in [-0.2, 0) is 9.63 Å². The Morgan fingerprint density at radius 1 is 1.65 bits per heavy atom. The number of hydrogen-bond acceptors (Lipinski definition) is 4. The Morgan fingerprint density at radius 2 is 2.35 bits per heavy atom. The molecule has 0 aliphatic carbocycles. The van der Waals surface area contributed by atoms with Gasteiger partial charge in [0, 0.05) is 24.8 Å². The summed E-state index contributed by atoms with van der Waals surface area (Å²) >= 11 is 5.98. The van der Waals surface area contributed by atoms with Gasteiger partial charge in [0.05, 0.1) is 16.4 Å². The zero-order valence-corrected chi connectivity index (χ0v) is 11.6. The minimum absolute atomic E-state index is 0.0153. The van der Waals surface area contributed by atoms with Crippen LogP contribution >= 0.6 is 11.6 Å². The SMILES string of the molecule is CC1(CCC(=O)O)CC(c2cc(N)c(F)cc2Cl)=NO1. The molecule has 108 valence electrons. The quantitative estimate of drug-likeness (QED) is 0.837. The highest BCUT2D eigenvalue weighted by atomic mass is 35.5. The lowest BCUT2D eigenvalue weighted by atomic mass is 9.91. The molecule has 5 nitrogen and oxygen atoms in total. The van der Waals surface area contributed by atoms with Crippen molar-refractivity contribution in [3.63, 3.8) is 0 Å². The summed E-state index contributed by atoms with van der Waals surface area (Å²) in [6.07, 6.45) is 0.702. The van der Waals surface area contributed by atoms with Crippen LogP contribution in [0.2, 0.25) is 5.02 Å². The highest BCUT2D eigenvalue weighted by Gasteiger charge is 2.35. The fourth-order valence-corrected chi connectivity index (χ4v) is 2.28. The van der Waals surface area contributed by atoms with Crippen LogP contribution in [-0.4, -0.2) is 22.4 Å². The molecule has 0 amide bonds. The van der Waals surface area contributed by atoms with Gasteiger partial charge in [-0.05, 0) is 19.1 Å². The third kappa shape index (κ3) is 3.01. The van der Waals surface area contributed by atoms with Crippen molar-refractivity contribution in [2.45, 2.75) is 31.8 Å². The number of carbonyl (C=O) groups is 1. The number of carboxylic acid groups (broad SMARTS) is 1. The Kier molecular flexibility index (Phi) is 3.85. The molecule has 1 aromatic carbocycles. The number of nitrogens with two attached hydrogens (primary N) is 1.